The van der Waals surface area contributed by atoms with Crippen molar-refractivity contribution in [1.29, 1.82) is 0 Å². The maximum absolute atomic E-state index is 4.41. The molecule has 4 aromatic heterocycles. The van der Waals surface area contributed by atoms with Crippen LogP contribution in [-0.2, 0) is 26.7 Å². The summed E-state index contributed by atoms with van der Waals surface area (Å²) in [5, 5.41) is 5.12. The van der Waals surface area contributed by atoms with Crippen molar-refractivity contribution in [2.24, 2.45) is 0 Å². The number of aromatic nitrogens is 4. The summed E-state index contributed by atoms with van der Waals surface area (Å²) in [6.07, 6.45) is 7.87. The summed E-state index contributed by atoms with van der Waals surface area (Å²) < 4.78 is 6.89. The Labute approximate surface area is 295 Å². The molecule has 0 spiro atoms. The molecule has 0 aliphatic carbocycles. The van der Waals surface area contributed by atoms with Gasteiger partial charge in [-0.05, 0) is 37.6 Å². The molecule has 0 fully saturated rings. The third kappa shape index (κ3) is 5.28. The molecule has 9 rings (SSSR count). The van der Waals surface area contributed by atoms with Crippen LogP contribution < -0.4 is 4.57 Å². The van der Waals surface area contributed by atoms with Crippen LogP contribution in [0.2, 0.25) is 0 Å². The minimum Gasteiger partial charge on any atom is -0.341 e. The Morgan fingerprint density at radius 1 is 0.750 bits per heavy atom. The summed E-state index contributed by atoms with van der Waals surface area (Å²) in [4.78, 5) is 4.41. The Balaban J connectivity index is 0.000000193. The zero-order valence-electron chi connectivity index (χ0n) is 27.6. The summed E-state index contributed by atoms with van der Waals surface area (Å²) in [5.74, 6) is 0. The fourth-order valence-corrected chi connectivity index (χ4v) is 6.78. The zero-order valence-corrected chi connectivity index (χ0v) is 30.0. The fourth-order valence-electron chi connectivity index (χ4n) is 6.78. The van der Waals surface area contributed by atoms with Gasteiger partial charge in [-0.3, -0.25) is 0 Å². The van der Waals surface area contributed by atoms with Crippen LogP contribution in [0.4, 0.5) is 0 Å². The fraction of sp³-hybridized carbons (Fsp3) is 0.163. The van der Waals surface area contributed by atoms with Gasteiger partial charge in [-0.15, -0.1) is 41.5 Å². The van der Waals surface area contributed by atoms with Gasteiger partial charge in [-0.2, -0.15) is 12.1 Å². The van der Waals surface area contributed by atoms with Crippen molar-refractivity contribution in [3.63, 3.8) is 0 Å². The van der Waals surface area contributed by atoms with Crippen molar-refractivity contribution < 1.29 is 24.7 Å². The summed E-state index contributed by atoms with van der Waals surface area (Å²) in [6, 6.07) is 43.3. The van der Waals surface area contributed by atoms with E-state index in [1.807, 2.05) is 12.3 Å². The topological polar surface area (TPSA) is 26.1 Å². The number of imidazole rings is 1. The van der Waals surface area contributed by atoms with Gasteiger partial charge in [-0.25, -0.2) is 0 Å². The monoisotopic (exact) mass is 801 g/mol. The van der Waals surface area contributed by atoms with Crippen LogP contribution in [0.15, 0.2) is 109 Å². The van der Waals surface area contributed by atoms with Gasteiger partial charge in [0.25, 0.3) is 0 Å². The van der Waals surface area contributed by atoms with Gasteiger partial charge in [-0.1, -0.05) is 115 Å². The van der Waals surface area contributed by atoms with Gasteiger partial charge in [0.15, 0.2) is 0 Å². The van der Waals surface area contributed by atoms with E-state index in [0.717, 1.165) is 36.3 Å². The number of hydrogen-bond acceptors (Lipinski definition) is 1. The molecule has 236 valence electrons. The Morgan fingerprint density at radius 3 is 2.31 bits per heavy atom. The number of aryl methyl sites for hydroxylation is 4. The van der Waals surface area contributed by atoms with E-state index in [-0.39, 0.29) is 20.1 Å². The Hall–Kier alpha value is -4.83. The van der Waals surface area contributed by atoms with Crippen LogP contribution in [0, 0.1) is 39.2 Å². The molecule has 4 nitrogen and oxygen atoms in total. The predicted molar refractivity (Wildman–Crippen MR) is 193 cm³/mol. The summed E-state index contributed by atoms with van der Waals surface area (Å²) in [6.45, 7) is 9.45. The summed E-state index contributed by atoms with van der Waals surface area (Å²) >= 11 is 0. The maximum Gasteiger partial charge on any atom is 3.00 e. The van der Waals surface area contributed by atoms with Crippen LogP contribution in [0.3, 0.4) is 0 Å². The number of nitrogens with zero attached hydrogens (tertiary/aromatic N) is 4. The number of unbranched alkanes of at least 4 members (excludes halogenated alkanes) is 1. The summed E-state index contributed by atoms with van der Waals surface area (Å²) in [5.41, 5.74) is 13.0. The molecule has 9 aromatic rings. The second-order valence-electron chi connectivity index (χ2n) is 12.5. The van der Waals surface area contributed by atoms with Crippen molar-refractivity contribution in [3.05, 3.63) is 144 Å². The van der Waals surface area contributed by atoms with Crippen molar-refractivity contribution in [2.75, 3.05) is 0 Å². The van der Waals surface area contributed by atoms with Crippen LogP contribution in [0.1, 0.15) is 36.5 Å². The first-order valence-electron chi connectivity index (χ1n) is 16.5. The third-order valence-corrected chi connectivity index (χ3v) is 9.37. The third-order valence-electron chi connectivity index (χ3n) is 9.37. The van der Waals surface area contributed by atoms with Crippen molar-refractivity contribution in [3.8, 4) is 16.9 Å². The molecular weight excluding hydrogens is 765 g/mol. The number of rotatable bonds is 5. The molecule has 0 unspecified atom stereocenters. The van der Waals surface area contributed by atoms with E-state index < -0.39 is 0 Å². The number of para-hydroxylation sites is 4. The second-order valence-corrected chi connectivity index (χ2v) is 12.5. The van der Waals surface area contributed by atoms with E-state index in [1.165, 1.54) is 65.8 Å². The minimum atomic E-state index is 0. The SMILES string of the molecule is CCCC[n+]1[c-]n(-c2[c-]ccc3c2c2cccc4c5ccccc5n3c42)c2ccccc21.Cc1c[c-]c(-c2cc(C)c(C)cn2)cc1.[Ir+3]. The van der Waals surface area contributed by atoms with E-state index in [2.05, 4.69) is 162 Å². The molecular formula is C43H36IrN4+. The molecule has 0 saturated carbocycles. The number of benzene rings is 5. The Bertz CT molecular complexity index is 2540. The normalized spacial score (nSPS) is 11.4. The summed E-state index contributed by atoms with van der Waals surface area (Å²) in [7, 11) is 0. The molecule has 0 saturated heterocycles. The van der Waals surface area contributed by atoms with E-state index >= 15 is 0 Å². The molecule has 0 N–H and O–H groups in total. The quantitative estimate of drug-likeness (QED) is 0.126. The molecule has 4 heterocycles. The predicted octanol–water partition coefficient (Wildman–Crippen LogP) is 9.94. The van der Waals surface area contributed by atoms with Crippen molar-refractivity contribution >= 4 is 49.1 Å². The van der Waals surface area contributed by atoms with Crippen LogP contribution in [0.5, 0.6) is 0 Å². The molecule has 0 aliphatic rings. The largest absolute Gasteiger partial charge is 3.00 e. The van der Waals surface area contributed by atoms with E-state index in [9.17, 15) is 0 Å². The molecule has 0 aliphatic heterocycles. The van der Waals surface area contributed by atoms with Gasteiger partial charge in [0.2, 0.25) is 6.33 Å². The van der Waals surface area contributed by atoms with Gasteiger partial charge in [0.1, 0.15) is 0 Å². The number of fused-ring (bicyclic) bond motifs is 7. The average Bonchev–Trinajstić information content (AvgIpc) is 3.77. The molecule has 0 radical (unpaired) electrons. The van der Waals surface area contributed by atoms with Gasteiger partial charge in [0, 0.05) is 22.5 Å². The van der Waals surface area contributed by atoms with Crippen LogP contribution in [-0.4, -0.2) is 14.0 Å². The minimum absolute atomic E-state index is 0. The maximum atomic E-state index is 4.41. The standard InChI is InChI=1S/C29H22N3.C14H14N.Ir/c1-2-3-18-30-19-31(25-15-7-6-14-24(25)30)26-16-9-17-27-28(26)22-12-8-11-21-20-10-4-5-13-23(20)32(27)29(21)22;1-10-4-6-13(7-5-10)14-8-11(2)12(3)9-15-14;/h4-15,17H,2-3,18H2,1H3;4-6,8-9H,1-3H3;/q2*-1;+3. The number of hydrogen-bond donors (Lipinski definition) is 0. The molecule has 5 aromatic carbocycles. The van der Waals surface area contributed by atoms with E-state index in [4.69, 9.17) is 0 Å². The Kier molecular flexibility index (Phi) is 8.59. The molecule has 48 heavy (non-hydrogen) atoms. The zero-order chi connectivity index (χ0) is 32.1. The molecule has 5 heteroatoms. The molecule has 0 bridgehead atoms. The first-order valence-corrected chi connectivity index (χ1v) is 16.5. The average molecular weight is 801 g/mol. The first-order chi connectivity index (χ1) is 23.0. The van der Waals surface area contributed by atoms with Crippen LogP contribution >= 0.6 is 0 Å². The first kappa shape index (κ1) is 31.8. The number of pyridine rings is 1. The molecule has 0 atom stereocenters. The molecule has 0 amide bonds. The van der Waals surface area contributed by atoms with Gasteiger partial charge in [0.05, 0.1) is 23.1 Å². The van der Waals surface area contributed by atoms with Crippen molar-refractivity contribution in [2.45, 2.75) is 47.1 Å². The van der Waals surface area contributed by atoms with Gasteiger partial charge >= 0.3 is 20.1 Å². The van der Waals surface area contributed by atoms with Crippen molar-refractivity contribution in [1.82, 2.24) is 14.0 Å². The smallest absolute Gasteiger partial charge is 0.341 e. The van der Waals surface area contributed by atoms with Gasteiger partial charge < -0.3 is 18.5 Å². The Morgan fingerprint density at radius 2 is 1.52 bits per heavy atom. The second kappa shape index (κ2) is 13.0. The van der Waals surface area contributed by atoms with E-state index in [0.29, 0.717) is 0 Å². The van der Waals surface area contributed by atoms with E-state index in [1.54, 1.807) is 0 Å². The van der Waals surface area contributed by atoms with Crippen LogP contribution in [0.25, 0.3) is 66.1 Å².